The standard InChI is InChI=1S/C7H11O2/c1-3-7-4-8-6(2)9-5-7/h4,6H,2-3,5H2,1H3. The molecule has 51 valence electrons. The molecule has 0 amide bonds. The number of hydrogen-bond acceptors (Lipinski definition) is 2. The highest BCUT2D eigenvalue weighted by Crippen LogP contribution is 2.10. The normalized spacial score (nSPS) is 26.9. The minimum Gasteiger partial charge on any atom is -0.473 e. The first kappa shape index (κ1) is 6.62. The molecule has 9 heavy (non-hydrogen) atoms. The van der Waals surface area contributed by atoms with Crippen molar-refractivity contribution >= 4 is 0 Å². The monoisotopic (exact) mass is 127 g/mol. The number of ether oxygens (including phenoxy) is 2. The fraction of sp³-hybridized carbons (Fsp3) is 0.571. The molecule has 1 radical (unpaired) electrons. The SMILES string of the molecule is [CH2]C1OC=C(CC)CO1. The largest absolute Gasteiger partial charge is 0.473 e. The van der Waals surface area contributed by atoms with Gasteiger partial charge in [-0.2, -0.15) is 0 Å². The summed E-state index contributed by atoms with van der Waals surface area (Å²) in [6.07, 6.45) is 2.42. The van der Waals surface area contributed by atoms with Gasteiger partial charge in [-0.3, -0.25) is 0 Å². The van der Waals surface area contributed by atoms with Gasteiger partial charge in [-0.25, -0.2) is 0 Å². The molecule has 1 aliphatic heterocycles. The molecule has 0 aromatic carbocycles. The van der Waals surface area contributed by atoms with Gasteiger partial charge >= 0.3 is 0 Å². The molecule has 0 spiro atoms. The molecule has 0 saturated heterocycles. The fourth-order valence-electron chi connectivity index (χ4n) is 0.631. The lowest BCUT2D eigenvalue weighted by molar-refractivity contribution is -0.0842. The maximum Gasteiger partial charge on any atom is 0.199 e. The van der Waals surface area contributed by atoms with Gasteiger partial charge in [-0.1, -0.05) is 6.92 Å². The Labute approximate surface area is 55.5 Å². The zero-order chi connectivity index (χ0) is 6.69. The predicted molar refractivity (Wildman–Crippen MR) is 34.6 cm³/mol. The molecule has 0 aromatic rings. The van der Waals surface area contributed by atoms with E-state index in [0.717, 1.165) is 6.42 Å². The average Bonchev–Trinajstić information content (AvgIpc) is 1.90. The molecule has 0 N–H and O–H groups in total. The molecule has 1 aliphatic rings. The second-order valence-corrected chi connectivity index (χ2v) is 2.01. The summed E-state index contributed by atoms with van der Waals surface area (Å²) in [4.78, 5) is 0. The summed E-state index contributed by atoms with van der Waals surface area (Å²) in [7, 11) is 0. The third kappa shape index (κ3) is 1.72. The van der Waals surface area contributed by atoms with Crippen LogP contribution in [0.5, 0.6) is 0 Å². The first-order chi connectivity index (χ1) is 4.33. The Balaban J connectivity index is 2.40. The van der Waals surface area contributed by atoms with Crippen molar-refractivity contribution in [2.45, 2.75) is 19.6 Å². The first-order valence-corrected chi connectivity index (χ1v) is 3.11. The quantitative estimate of drug-likeness (QED) is 0.531. The summed E-state index contributed by atoms with van der Waals surface area (Å²) in [5.74, 6) is 0. The average molecular weight is 127 g/mol. The lowest BCUT2D eigenvalue weighted by Gasteiger charge is -2.19. The van der Waals surface area contributed by atoms with E-state index >= 15 is 0 Å². The van der Waals surface area contributed by atoms with E-state index < -0.39 is 0 Å². The van der Waals surface area contributed by atoms with Crippen LogP contribution in [0.15, 0.2) is 11.8 Å². The Kier molecular flexibility index (Phi) is 2.11. The summed E-state index contributed by atoms with van der Waals surface area (Å²) in [6.45, 7) is 6.32. The molecule has 1 unspecified atom stereocenters. The van der Waals surface area contributed by atoms with E-state index in [9.17, 15) is 0 Å². The lowest BCUT2D eigenvalue weighted by Crippen LogP contribution is -2.17. The van der Waals surface area contributed by atoms with Crippen LogP contribution in [0.25, 0.3) is 0 Å². The summed E-state index contributed by atoms with van der Waals surface area (Å²) in [6, 6.07) is 0. The van der Waals surface area contributed by atoms with Gasteiger partial charge in [0, 0.05) is 6.92 Å². The molecule has 2 nitrogen and oxygen atoms in total. The van der Waals surface area contributed by atoms with Crippen LogP contribution in [0.2, 0.25) is 0 Å². The van der Waals surface area contributed by atoms with Crippen molar-refractivity contribution in [1.29, 1.82) is 0 Å². The van der Waals surface area contributed by atoms with Gasteiger partial charge in [0.25, 0.3) is 0 Å². The summed E-state index contributed by atoms with van der Waals surface area (Å²) in [5.41, 5.74) is 1.19. The van der Waals surface area contributed by atoms with Crippen molar-refractivity contribution < 1.29 is 9.47 Å². The Morgan fingerprint density at radius 3 is 3.11 bits per heavy atom. The van der Waals surface area contributed by atoms with Gasteiger partial charge in [-0.05, 0) is 12.0 Å². The van der Waals surface area contributed by atoms with Crippen LogP contribution < -0.4 is 0 Å². The van der Waals surface area contributed by atoms with Crippen molar-refractivity contribution in [3.63, 3.8) is 0 Å². The summed E-state index contributed by atoms with van der Waals surface area (Å²) < 4.78 is 10.1. The van der Waals surface area contributed by atoms with Crippen LogP contribution in [0.3, 0.4) is 0 Å². The molecular formula is C7H11O2. The van der Waals surface area contributed by atoms with Crippen LogP contribution in [0, 0.1) is 6.92 Å². The van der Waals surface area contributed by atoms with E-state index in [-0.39, 0.29) is 6.29 Å². The molecule has 1 atom stereocenters. The van der Waals surface area contributed by atoms with Crippen LogP contribution >= 0.6 is 0 Å². The van der Waals surface area contributed by atoms with E-state index in [1.54, 1.807) is 6.26 Å². The predicted octanol–water partition coefficient (Wildman–Crippen LogP) is 1.49. The maximum absolute atomic E-state index is 5.08. The third-order valence-electron chi connectivity index (χ3n) is 1.30. The Morgan fingerprint density at radius 1 is 1.89 bits per heavy atom. The summed E-state index contributed by atoms with van der Waals surface area (Å²) >= 11 is 0. The second kappa shape index (κ2) is 2.87. The number of hydrogen-bond donors (Lipinski definition) is 0. The van der Waals surface area contributed by atoms with Crippen molar-refractivity contribution in [1.82, 2.24) is 0 Å². The first-order valence-electron chi connectivity index (χ1n) is 3.11. The van der Waals surface area contributed by atoms with Crippen LogP contribution in [0.4, 0.5) is 0 Å². The Bertz CT molecular complexity index is 118. The maximum atomic E-state index is 5.08. The second-order valence-electron chi connectivity index (χ2n) is 2.01. The molecule has 0 bridgehead atoms. The van der Waals surface area contributed by atoms with Crippen LogP contribution in [-0.4, -0.2) is 12.9 Å². The topological polar surface area (TPSA) is 18.5 Å². The molecule has 0 aliphatic carbocycles. The van der Waals surface area contributed by atoms with Crippen molar-refractivity contribution in [2.24, 2.45) is 0 Å². The van der Waals surface area contributed by atoms with Gasteiger partial charge in [0.2, 0.25) is 0 Å². The van der Waals surface area contributed by atoms with E-state index in [1.165, 1.54) is 5.57 Å². The zero-order valence-electron chi connectivity index (χ0n) is 5.59. The van der Waals surface area contributed by atoms with Crippen LogP contribution in [-0.2, 0) is 9.47 Å². The summed E-state index contributed by atoms with van der Waals surface area (Å²) in [5, 5.41) is 0. The Morgan fingerprint density at radius 2 is 2.67 bits per heavy atom. The van der Waals surface area contributed by atoms with Gasteiger partial charge < -0.3 is 9.47 Å². The molecule has 0 fully saturated rings. The fourth-order valence-corrected chi connectivity index (χ4v) is 0.631. The smallest absolute Gasteiger partial charge is 0.199 e. The highest BCUT2D eigenvalue weighted by atomic mass is 16.7. The lowest BCUT2D eigenvalue weighted by atomic mass is 10.2. The molecule has 0 aromatic heterocycles. The minimum absolute atomic E-state index is 0.305. The van der Waals surface area contributed by atoms with Gasteiger partial charge in [0.1, 0.15) is 0 Å². The van der Waals surface area contributed by atoms with E-state index in [1.807, 2.05) is 0 Å². The van der Waals surface area contributed by atoms with Crippen molar-refractivity contribution in [3.05, 3.63) is 18.8 Å². The molecule has 1 rings (SSSR count). The van der Waals surface area contributed by atoms with E-state index in [0.29, 0.717) is 6.61 Å². The minimum atomic E-state index is -0.305. The van der Waals surface area contributed by atoms with Crippen molar-refractivity contribution in [3.8, 4) is 0 Å². The van der Waals surface area contributed by atoms with Gasteiger partial charge in [0.15, 0.2) is 6.29 Å². The number of rotatable bonds is 1. The zero-order valence-corrected chi connectivity index (χ0v) is 5.59. The molecule has 1 heterocycles. The highest BCUT2D eigenvalue weighted by Gasteiger charge is 2.08. The van der Waals surface area contributed by atoms with E-state index in [4.69, 9.17) is 9.47 Å². The van der Waals surface area contributed by atoms with E-state index in [2.05, 4.69) is 13.8 Å². The van der Waals surface area contributed by atoms with Gasteiger partial charge in [-0.15, -0.1) is 0 Å². The third-order valence-corrected chi connectivity index (χ3v) is 1.30. The molecular weight excluding hydrogens is 116 g/mol. The molecule has 2 heteroatoms. The highest BCUT2D eigenvalue weighted by molar-refractivity contribution is 4.99. The Hall–Kier alpha value is -0.500. The van der Waals surface area contributed by atoms with Crippen molar-refractivity contribution in [2.75, 3.05) is 6.61 Å². The van der Waals surface area contributed by atoms with Gasteiger partial charge in [0.05, 0.1) is 12.9 Å². The molecule has 0 saturated carbocycles. The van der Waals surface area contributed by atoms with Crippen LogP contribution in [0.1, 0.15) is 13.3 Å².